The van der Waals surface area contributed by atoms with Crippen LogP contribution in [0.15, 0.2) is 67.8 Å². The van der Waals surface area contributed by atoms with Crippen molar-refractivity contribution in [3.63, 3.8) is 0 Å². The van der Waals surface area contributed by atoms with Crippen molar-refractivity contribution in [1.29, 1.82) is 0 Å². The quantitative estimate of drug-likeness (QED) is 0.201. The Morgan fingerprint density at radius 1 is 1.26 bits per heavy atom. The van der Waals surface area contributed by atoms with Crippen LogP contribution in [0.3, 0.4) is 0 Å². The highest BCUT2D eigenvalue weighted by atomic mass is 19.3. The number of Topliss-reactive ketones (excluding diaryl/α,β-unsaturated/α-hetero) is 1. The SMILES string of the molecule is C=C=C(c1c(C(C)CN)ccnc1Nc1ccc(C=C)cc1)C(CC)CCCC(=O)C(=C)F.CC(C)(F)F.[HH]. The molecule has 3 N–H and O–H groups in total. The third-order valence-electron chi connectivity index (χ3n) is 5.90. The number of anilines is 2. The second kappa shape index (κ2) is 15.8. The van der Waals surface area contributed by atoms with Crippen molar-refractivity contribution in [2.24, 2.45) is 11.7 Å². The number of alkyl halides is 2. The Balaban J connectivity index is 0.00000220. The number of nitrogens with zero attached hydrogens (tertiary/aromatic N) is 1. The lowest BCUT2D eigenvalue weighted by Crippen LogP contribution is -2.15. The molecule has 0 saturated heterocycles. The van der Waals surface area contributed by atoms with E-state index in [0.29, 0.717) is 25.2 Å². The maximum atomic E-state index is 13.1. The molecule has 0 radical (unpaired) electrons. The molecule has 7 heteroatoms. The van der Waals surface area contributed by atoms with Gasteiger partial charge in [0.05, 0.1) is 0 Å². The summed E-state index contributed by atoms with van der Waals surface area (Å²) in [4.78, 5) is 16.3. The zero-order valence-electron chi connectivity index (χ0n) is 22.9. The maximum Gasteiger partial charge on any atom is 0.242 e. The average molecular weight is 530 g/mol. The van der Waals surface area contributed by atoms with Gasteiger partial charge in [0.1, 0.15) is 5.82 Å². The third-order valence-corrected chi connectivity index (χ3v) is 5.90. The third kappa shape index (κ3) is 10.9. The van der Waals surface area contributed by atoms with Crippen LogP contribution < -0.4 is 11.1 Å². The zero-order chi connectivity index (χ0) is 28.9. The second-order valence-corrected chi connectivity index (χ2v) is 9.45. The summed E-state index contributed by atoms with van der Waals surface area (Å²) in [5, 5.41) is 3.44. The molecule has 1 heterocycles. The number of hydrogen-bond donors (Lipinski definition) is 2. The van der Waals surface area contributed by atoms with Crippen LogP contribution in [0, 0.1) is 5.92 Å². The summed E-state index contributed by atoms with van der Waals surface area (Å²) in [5.41, 5.74) is 14.0. The van der Waals surface area contributed by atoms with E-state index in [1.54, 1.807) is 12.3 Å². The number of aromatic nitrogens is 1. The Kier molecular flexibility index (Phi) is 13.5. The van der Waals surface area contributed by atoms with E-state index in [1.807, 2.05) is 30.3 Å². The van der Waals surface area contributed by atoms with Gasteiger partial charge in [0, 0.05) is 30.9 Å². The molecule has 0 amide bonds. The van der Waals surface area contributed by atoms with E-state index in [9.17, 15) is 18.0 Å². The normalized spacial score (nSPS) is 12.3. The molecule has 0 bridgehead atoms. The number of carbonyl (C=O) groups excluding carboxylic acids is 1. The first-order valence-corrected chi connectivity index (χ1v) is 12.7. The molecule has 38 heavy (non-hydrogen) atoms. The molecule has 2 unspecified atom stereocenters. The van der Waals surface area contributed by atoms with Crippen LogP contribution in [0.2, 0.25) is 0 Å². The molecule has 0 saturated carbocycles. The molecule has 4 nitrogen and oxygen atoms in total. The molecular formula is C31H42F3N3O. The van der Waals surface area contributed by atoms with Crippen LogP contribution in [0.5, 0.6) is 0 Å². The number of ketones is 1. The van der Waals surface area contributed by atoms with E-state index in [1.165, 1.54) is 0 Å². The van der Waals surface area contributed by atoms with E-state index in [0.717, 1.165) is 48.2 Å². The summed E-state index contributed by atoms with van der Waals surface area (Å²) in [7, 11) is 0. The summed E-state index contributed by atoms with van der Waals surface area (Å²) in [6, 6.07) is 9.91. The Labute approximate surface area is 226 Å². The highest BCUT2D eigenvalue weighted by molar-refractivity contribution is 5.92. The van der Waals surface area contributed by atoms with Crippen molar-refractivity contribution < 1.29 is 19.4 Å². The van der Waals surface area contributed by atoms with Gasteiger partial charge in [0.2, 0.25) is 5.92 Å². The standard InChI is InChI=1S/C28H34FN3O.C3H6F2.H2/c1-6-21-12-14-23(15-13-21)32-28-27(25(16-17-31-28)19(4)18-30)24(8-3)22(7-2)10-9-11-26(33)20(5)29;1-3(2,4)5;/h6,12-17,19,22H,1,3,5,7,9-11,18,30H2,2,4H3,(H,31,32);1-2H3;1H. The number of carbonyl (C=O) groups is 1. The molecule has 0 fully saturated rings. The Morgan fingerprint density at radius 2 is 1.87 bits per heavy atom. The van der Waals surface area contributed by atoms with Gasteiger partial charge < -0.3 is 11.1 Å². The second-order valence-electron chi connectivity index (χ2n) is 9.45. The van der Waals surface area contributed by atoms with Gasteiger partial charge in [-0.05, 0) is 80.8 Å². The Bertz CT molecular complexity index is 1130. The first-order chi connectivity index (χ1) is 17.9. The van der Waals surface area contributed by atoms with Crippen LogP contribution in [-0.2, 0) is 4.79 Å². The maximum absolute atomic E-state index is 13.1. The van der Waals surface area contributed by atoms with Crippen molar-refractivity contribution in [3.05, 3.63) is 84.5 Å². The van der Waals surface area contributed by atoms with Crippen molar-refractivity contribution in [1.82, 2.24) is 4.98 Å². The van der Waals surface area contributed by atoms with E-state index in [2.05, 4.69) is 49.6 Å². The first kappa shape index (κ1) is 32.6. The minimum Gasteiger partial charge on any atom is -0.340 e. The van der Waals surface area contributed by atoms with E-state index in [-0.39, 0.29) is 19.7 Å². The zero-order valence-corrected chi connectivity index (χ0v) is 22.9. The molecule has 2 rings (SSSR count). The van der Waals surface area contributed by atoms with E-state index < -0.39 is 17.5 Å². The summed E-state index contributed by atoms with van der Waals surface area (Å²) in [6.45, 7) is 17.2. The topological polar surface area (TPSA) is 68.0 Å². The predicted octanol–water partition coefficient (Wildman–Crippen LogP) is 8.86. The van der Waals surface area contributed by atoms with Gasteiger partial charge in [-0.1, -0.05) is 51.8 Å². The van der Waals surface area contributed by atoms with E-state index >= 15 is 0 Å². The fourth-order valence-corrected chi connectivity index (χ4v) is 3.87. The largest absolute Gasteiger partial charge is 0.340 e. The molecular weight excluding hydrogens is 487 g/mol. The minimum absolute atomic E-state index is 0. The van der Waals surface area contributed by atoms with Crippen LogP contribution in [0.4, 0.5) is 24.7 Å². The van der Waals surface area contributed by atoms with Crippen molar-refractivity contribution in [2.45, 2.75) is 65.2 Å². The molecule has 208 valence electrons. The van der Waals surface area contributed by atoms with Crippen LogP contribution in [0.25, 0.3) is 11.6 Å². The number of rotatable bonds is 13. The van der Waals surface area contributed by atoms with Crippen LogP contribution >= 0.6 is 0 Å². The Morgan fingerprint density at radius 3 is 2.34 bits per heavy atom. The summed E-state index contributed by atoms with van der Waals surface area (Å²) in [6.07, 6.45) is 5.78. The van der Waals surface area contributed by atoms with Crippen LogP contribution in [0.1, 0.15) is 77.4 Å². The van der Waals surface area contributed by atoms with Gasteiger partial charge in [0.15, 0.2) is 11.6 Å². The summed E-state index contributed by atoms with van der Waals surface area (Å²) < 4.78 is 35.1. The molecule has 2 atom stereocenters. The number of benzene rings is 1. The summed E-state index contributed by atoms with van der Waals surface area (Å²) in [5.74, 6) is -3.04. The van der Waals surface area contributed by atoms with Gasteiger partial charge in [0.25, 0.3) is 0 Å². The number of hydrogen-bond acceptors (Lipinski definition) is 4. The fourth-order valence-electron chi connectivity index (χ4n) is 3.87. The molecule has 0 spiro atoms. The first-order valence-electron chi connectivity index (χ1n) is 12.7. The molecule has 1 aromatic carbocycles. The van der Waals surface area contributed by atoms with Gasteiger partial charge in [-0.3, -0.25) is 4.79 Å². The average Bonchev–Trinajstić information content (AvgIpc) is 2.87. The fraction of sp³-hybridized carbons (Fsp3) is 0.387. The molecule has 0 aliphatic carbocycles. The summed E-state index contributed by atoms with van der Waals surface area (Å²) >= 11 is 0. The number of pyridine rings is 1. The van der Waals surface area contributed by atoms with Gasteiger partial charge in [-0.15, -0.1) is 5.73 Å². The highest BCUT2D eigenvalue weighted by Gasteiger charge is 2.23. The van der Waals surface area contributed by atoms with Gasteiger partial charge in [-0.25, -0.2) is 18.2 Å². The molecule has 2 aromatic rings. The number of nitrogens with two attached hydrogens (primary N) is 1. The van der Waals surface area contributed by atoms with Crippen molar-refractivity contribution in [2.75, 3.05) is 11.9 Å². The van der Waals surface area contributed by atoms with Gasteiger partial charge in [-0.2, -0.15) is 0 Å². The van der Waals surface area contributed by atoms with Crippen molar-refractivity contribution >= 4 is 28.9 Å². The lowest BCUT2D eigenvalue weighted by Gasteiger charge is -2.24. The van der Waals surface area contributed by atoms with E-state index in [4.69, 9.17) is 5.73 Å². The smallest absolute Gasteiger partial charge is 0.242 e. The molecule has 0 aliphatic heterocycles. The van der Waals surface area contributed by atoms with Crippen LogP contribution in [-0.4, -0.2) is 23.2 Å². The number of allylic oxidation sites excluding steroid dienone is 2. The molecule has 0 aliphatic rings. The lowest BCUT2D eigenvalue weighted by molar-refractivity contribution is -0.117. The lowest BCUT2D eigenvalue weighted by atomic mass is 9.82. The number of nitrogens with one attached hydrogen (secondary N) is 1. The number of halogens is 3. The Hall–Kier alpha value is -3.41. The molecule has 1 aromatic heterocycles. The minimum atomic E-state index is -2.50. The monoisotopic (exact) mass is 529 g/mol. The van der Waals surface area contributed by atoms with Gasteiger partial charge >= 0.3 is 0 Å². The predicted molar refractivity (Wildman–Crippen MR) is 155 cm³/mol. The highest BCUT2D eigenvalue weighted by Crippen LogP contribution is 2.38. The van der Waals surface area contributed by atoms with Crippen molar-refractivity contribution in [3.8, 4) is 0 Å².